The van der Waals surface area contributed by atoms with E-state index >= 15 is 0 Å². The van der Waals surface area contributed by atoms with Crippen molar-refractivity contribution in [2.45, 2.75) is 37.6 Å². The van der Waals surface area contributed by atoms with Crippen molar-refractivity contribution in [2.75, 3.05) is 30.6 Å². The van der Waals surface area contributed by atoms with Crippen molar-refractivity contribution >= 4 is 28.1 Å². The van der Waals surface area contributed by atoms with E-state index in [2.05, 4.69) is 31.9 Å². The first-order valence-corrected chi connectivity index (χ1v) is 13.2. The molecule has 1 saturated heterocycles. The molecule has 2 heterocycles. The quantitative estimate of drug-likeness (QED) is 0.455. The minimum Gasteiger partial charge on any atom is -0.339 e. The highest BCUT2D eigenvalue weighted by molar-refractivity contribution is 7.92. The Morgan fingerprint density at radius 1 is 1.12 bits per heavy atom. The molecule has 1 fully saturated rings. The third kappa shape index (κ3) is 7.53. The number of hydrogen-bond donors (Lipinski definition) is 2. The lowest BCUT2D eigenvalue weighted by atomic mass is 9.96. The van der Waals surface area contributed by atoms with Crippen LogP contribution in [-0.4, -0.2) is 49.3 Å². The first-order chi connectivity index (χ1) is 15.9. The zero-order chi connectivity index (χ0) is 23.3. The molecular weight excluding hydrogens is 474 g/mol. The van der Waals surface area contributed by atoms with Gasteiger partial charge in [-0.1, -0.05) is 47.6 Å². The molecule has 0 spiro atoms. The number of nitrogens with two attached hydrogens (primary N) is 1. The second kappa shape index (κ2) is 11.8. The third-order valence-corrected chi connectivity index (χ3v) is 6.63. The van der Waals surface area contributed by atoms with Crippen LogP contribution in [0.4, 0.5) is 5.69 Å². The van der Waals surface area contributed by atoms with Crippen LogP contribution >= 0.6 is 12.4 Å². The molecule has 0 aliphatic carbocycles. The molecule has 3 N–H and O–H groups in total. The Labute approximate surface area is 207 Å². The molecule has 1 atom stereocenters. The molecule has 8 nitrogen and oxygen atoms in total. The van der Waals surface area contributed by atoms with Gasteiger partial charge in [-0.2, -0.15) is 4.98 Å². The second-order valence-corrected chi connectivity index (χ2v) is 10.5. The number of halogens is 1. The van der Waals surface area contributed by atoms with Gasteiger partial charge in [-0.05, 0) is 62.2 Å². The maximum Gasteiger partial charge on any atom is 0.229 e. The molecular formula is C24H32ClN5O3S. The van der Waals surface area contributed by atoms with Gasteiger partial charge in [0.2, 0.25) is 15.9 Å². The average Bonchev–Trinajstić information content (AvgIpc) is 3.27. The Hall–Kier alpha value is -2.46. The summed E-state index contributed by atoms with van der Waals surface area (Å²) in [4.78, 5) is 7.08. The van der Waals surface area contributed by atoms with Crippen LogP contribution in [-0.2, 0) is 16.4 Å². The maximum atomic E-state index is 11.3. The van der Waals surface area contributed by atoms with Crippen LogP contribution in [0.3, 0.4) is 0 Å². The molecule has 34 heavy (non-hydrogen) atoms. The normalized spacial score (nSPS) is 16.1. The van der Waals surface area contributed by atoms with E-state index in [1.54, 1.807) is 12.1 Å². The van der Waals surface area contributed by atoms with Crippen molar-refractivity contribution in [1.82, 2.24) is 15.0 Å². The summed E-state index contributed by atoms with van der Waals surface area (Å²) in [6, 6.07) is 17.5. The molecule has 4 rings (SSSR count). The fourth-order valence-electron chi connectivity index (χ4n) is 4.18. The third-order valence-electron chi connectivity index (χ3n) is 6.02. The van der Waals surface area contributed by atoms with Gasteiger partial charge >= 0.3 is 0 Å². The topological polar surface area (TPSA) is 114 Å². The van der Waals surface area contributed by atoms with Crippen molar-refractivity contribution in [3.63, 3.8) is 0 Å². The van der Waals surface area contributed by atoms with Crippen molar-refractivity contribution in [1.29, 1.82) is 0 Å². The number of aromatic nitrogens is 2. The number of sulfonamides is 1. The Morgan fingerprint density at radius 3 is 2.44 bits per heavy atom. The first kappa shape index (κ1) is 26.2. The number of piperidine rings is 1. The predicted octanol–water partition coefficient (Wildman–Crippen LogP) is 3.72. The van der Waals surface area contributed by atoms with E-state index in [4.69, 9.17) is 10.3 Å². The predicted molar refractivity (Wildman–Crippen MR) is 136 cm³/mol. The minimum atomic E-state index is -3.28. The molecule has 0 radical (unpaired) electrons. The van der Waals surface area contributed by atoms with Crippen LogP contribution < -0.4 is 10.5 Å². The molecule has 0 amide bonds. The number of nitrogens with one attached hydrogen (secondary N) is 1. The van der Waals surface area contributed by atoms with Gasteiger partial charge in [0.25, 0.3) is 0 Å². The zero-order valence-corrected chi connectivity index (χ0v) is 20.9. The minimum absolute atomic E-state index is 0. The van der Waals surface area contributed by atoms with E-state index < -0.39 is 10.0 Å². The van der Waals surface area contributed by atoms with Crippen LogP contribution in [0, 0.1) is 0 Å². The molecule has 1 aromatic heterocycles. The molecule has 1 unspecified atom stereocenters. The molecule has 2 aromatic carbocycles. The summed E-state index contributed by atoms with van der Waals surface area (Å²) in [7, 11) is -3.28. The molecule has 0 saturated carbocycles. The van der Waals surface area contributed by atoms with Gasteiger partial charge in [-0.3, -0.25) is 4.72 Å². The summed E-state index contributed by atoms with van der Waals surface area (Å²) < 4.78 is 30.7. The number of rotatable bonds is 9. The van der Waals surface area contributed by atoms with Crippen LogP contribution in [0.25, 0.3) is 0 Å². The van der Waals surface area contributed by atoms with Gasteiger partial charge in [0.1, 0.15) is 0 Å². The van der Waals surface area contributed by atoms with Crippen LogP contribution in [0.1, 0.15) is 54.1 Å². The summed E-state index contributed by atoms with van der Waals surface area (Å²) in [5.74, 6) is 1.64. The molecule has 1 aliphatic heterocycles. The van der Waals surface area contributed by atoms with Crippen molar-refractivity contribution in [3.8, 4) is 0 Å². The largest absolute Gasteiger partial charge is 0.339 e. The first-order valence-electron chi connectivity index (χ1n) is 11.3. The van der Waals surface area contributed by atoms with E-state index in [0.29, 0.717) is 23.8 Å². The molecule has 1 aliphatic rings. The van der Waals surface area contributed by atoms with E-state index in [0.717, 1.165) is 50.7 Å². The van der Waals surface area contributed by atoms with Crippen molar-refractivity contribution < 1.29 is 12.9 Å². The second-order valence-electron chi connectivity index (χ2n) is 8.72. The Balaban J connectivity index is 0.00000324. The Bertz CT molecular complexity index is 1130. The lowest BCUT2D eigenvalue weighted by Crippen LogP contribution is -2.35. The summed E-state index contributed by atoms with van der Waals surface area (Å²) in [5.41, 5.74) is 9.05. The lowest BCUT2D eigenvalue weighted by molar-refractivity contribution is 0.189. The number of benzene rings is 2. The van der Waals surface area contributed by atoms with Crippen LogP contribution in [0.2, 0.25) is 0 Å². The van der Waals surface area contributed by atoms with Gasteiger partial charge in [0.15, 0.2) is 5.82 Å². The summed E-state index contributed by atoms with van der Waals surface area (Å²) in [5, 5.41) is 4.15. The highest BCUT2D eigenvalue weighted by Crippen LogP contribution is 2.28. The van der Waals surface area contributed by atoms with Crippen LogP contribution in [0.15, 0.2) is 59.1 Å². The SMILES string of the molecule is CS(=O)(=O)Nc1ccc(Cc2noc(C3CCN(CCC(N)c4ccccc4)CC3)n2)cc1.Cl. The highest BCUT2D eigenvalue weighted by Gasteiger charge is 2.25. The van der Waals surface area contributed by atoms with E-state index in [-0.39, 0.29) is 24.4 Å². The summed E-state index contributed by atoms with van der Waals surface area (Å²) >= 11 is 0. The Morgan fingerprint density at radius 2 is 1.79 bits per heavy atom. The summed E-state index contributed by atoms with van der Waals surface area (Å²) in [6.07, 6.45) is 4.60. The number of likely N-dealkylation sites (tertiary alicyclic amines) is 1. The highest BCUT2D eigenvalue weighted by atomic mass is 35.5. The maximum absolute atomic E-state index is 11.3. The monoisotopic (exact) mass is 505 g/mol. The van der Waals surface area contributed by atoms with Gasteiger partial charge in [-0.25, -0.2) is 8.42 Å². The lowest BCUT2D eigenvalue weighted by Gasteiger charge is -2.31. The number of hydrogen-bond acceptors (Lipinski definition) is 7. The van der Waals surface area contributed by atoms with Gasteiger partial charge in [0.05, 0.1) is 6.26 Å². The smallest absolute Gasteiger partial charge is 0.229 e. The van der Waals surface area contributed by atoms with Crippen LogP contribution in [0.5, 0.6) is 0 Å². The Kier molecular flexibility index (Phi) is 9.07. The van der Waals surface area contributed by atoms with E-state index in [1.807, 2.05) is 30.3 Å². The van der Waals surface area contributed by atoms with E-state index in [1.165, 1.54) is 5.56 Å². The molecule has 3 aromatic rings. The number of anilines is 1. The van der Waals surface area contributed by atoms with Gasteiger partial charge < -0.3 is 15.2 Å². The van der Waals surface area contributed by atoms with Gasteiger partial charge in [-0.15, -0.1) is 12.4 Å². The standard InChI is InChI=1S/C24H31N5O3S.ClH/c1-33(30,31)28-21-9-7-18(8-10-21)17-23-26-24(32-27-23)20-11-14-29(15-12-20)16-13-22(25)19-5-3-2-4-6-19;/h2-10,20,22,28H,11-17,25H2,1H3;1H. The van der Waals surface area contributed by atoms with Gasteiger partial charge in [0, 0.05) is 24.1 Å². The summed E-state index contributed by atoms with van der Waals surface area (Å²) in [6.45, 7) is 2.99. The zero-order valence-electron chi connectivity index (χ0n) is 19.3. The molecule has 10 heteroatoms. The van der Waals surface area contributed by atoms with Crippen molar-refractivity contribution in [3.05, 3.63) is 77.4 Å². The fraction of sp³-hybridized carbons (Fsp3) is 0.417. The molecule has 184 valence electrons. The van der Waals surface area contributed by atoms with E-state index in [9.17, 15) is 8.42 Å². The fourth-order valence-corrected chi connectivity index (χ4v) is 4.75. The van der Waals surface area contributed by atoms with Crippen molar-refractivity contribution in [2.24, 2.45) is 5.73 Å². The number of nitrogens with zero attached hydrogens (tertiary/aromatic N) is 3. The average molecular weight is 506 g/mol. The molecule has 0 bridgehead atoms.